The van der Waals surface area contributed by atoms with Gasteiger partial charge in [0.1, 0.15) is 0 Å². The monoisotopic (exact) mass is 758 g/mol. The lowest BCUT2D eigenvalue weighted by Gasteiger charge is -2.28. The molecule has 4 nitrogen and oxygen atoms in total. The number of nitrogens with zero attached hydrogens (tertiary/aromatic N) is 4. The molecule has 1 atom stereocenters. The molecule has 0 saturated heterocycles. The Bertz CT molecular complexity index is 3120. The van der Waals surface area contributed by atoms with Gasteiger partial charge < -0.3 is 14.4 Å². The number of hydrogen-bond donors (Lipinski definition) is 0. The van der Waals surface area contributed by atoms with Gasteiger partial charge in [-0.2, -0.15) is 0 Å². The van der Waals surface area contributed by atoms with E-state index in [0.717, 1.165) is 56.6 Å². The molecule has 12 rings (SSSR count). The second-order valence-electron chi connectivity index (χ2n) is 15.2. The minimum Gasteiger partial charge on any atom is -0.309 e. The van der Waals surface area contributed by atoms with Gasteiger partial charge in [-0.15, -0.1) is 0 Å². The number of pyridine rings is 1. The van der Waals surface area contributed by atoms with Crippen LogP contribution in [0.5, 0.6) is 0 Å². The second-order valence-corrected chi connectivity index (χ2v) is 15.2. The highest BCUT2D eigenvalue weighted by Gasteiger charge is 2.33. The van der Waals surface area contributed by atoms with Crippen LogP contribution >= 0.6 is 0 Å². The Morgan fingerprint density at radius 3 is 1.88 bits per heavy atom. The Kier molecular flexibility index (Phi) is 8.19. The summed E-state index contributed by atoms with van der Waals surface area (Å²) in [6.07, 6.45) is 8.58. The fourth-order valence-electron chi connectivity index (χ4n) is 9.68. The van der Waals surface area contributed by atoms with Crippen LogP contribution in [0.1, 0.15) is 48.9 Å². The van der Waals surface area contributed by atoms with Gasteiger partial charge in [0.25, 0.3) is 0 Å². The first-order chi connectivity index (χ1) is 29.2. The topological polar surface area (TPSA) is 24.3 Å². The van der Waals surface area contributed by atoms with Gasteiger partial charge in [-0.1, -0.05) is 148 Å². The molecule has 9 aromatic rings. The maximum Gasteiger partial charge on any atom is 0.0666 e. The van der Waals surface area contributed by atoms with E-state index in [2.05, 4.69) is 203 Å². The minimum atomic E-state index is 0.301. The predicted octanol–water partition coefficient (Wildman–Crippen LogP) is 15.3. The Morgan fingerprint density at radius 1 is 0.441 bits per heavy atom. The molecule has 0 amide bonds. The van der Waals surface area contributed by atoms with E-state index in [9.17, 15) is 0 Å². The zero-order valence-electron chi connectivity index (χ0n) is 33.3. The van der Waals surface area contributed by atoms with Gasteiger partial charge >= 0.3 is 0 Å². The molecule has 2 aromatic heterocycles. The van der Waals surface area contributed by atoms with Gasteiger partial charge in [-0.25, -0.2) is 0 Å². The van der Waals surface area contributed by atoms with Crippen molar-refractivity contribution in [1.29, 1.82) is 0 Å². The van der Waals surface area contributed by atoms with Crippen molar-refractivity contribution in [2.24, 2.45) is 0 Å². The van der Waals surface area contributed by atoms with Crippen molar-refractivity contribution in [3.8, 4) is 39.2 Å². The van der Waals surface area contributed by atoms with Crippen LogP contribution < -0.4 is 9.80 Å². The van der Waals surface area contributed by atoms with Crippen LogP contribution in [-0.4, -0.2) is 9.55 Å². The van der Waals surface area contributed by atoms with Gasteiger partial charge in [-0.3, -0.25) is 4.98 Å². The molecule has 0 radical (unpaired) electrons. The molecule has 4 heteroatoms. The lowest BCUT2D eigenvalue weighted by molar-refractivity contribution is 0.955. The molecule has 0 spiro atoms. The summed E-state index contributed by atoms with van der Waals surface area (Å²) in [6, 6.07) is 61.9. The van der Waals surface area contributed by atoms with Crippen molar-refractivity contribution >= 4 is 57.2 Å². The van der Waals surface area contributed by atoms with E-state index in [4.69, 9.17) is 4.98 Å². The van der Waals surface area contributed by atoms with Crippen LogP contribution in [0.3, 0.4) is 0 Å². The Hall–Kier alpha value is -7.43. The summed E-state index contributed by atoms with van der Waals surface area (Å²) in [7, 11) is 0. The average Bonchev–Trinajstić information content (AvgIpc) is 3.67. The minimum absolute atomic E-state index is 0.301. The Morgan fingerprint density at radius 2 is 1.05 bits per heavy atom. The highest BCUT2D eigenvalue weighted by atomic mass is 15.2. The van der Waals surface area contributed by atoms with E-state index >= 15 is 0 Å². The van der Waals surface area contributed by atoms with Crippen LogP contribution in [0.25, 0.3) is 62.3 Å². The summed E-state index contributed by atoms with van der Waals surface area (Å²) in [6.45, 7) is 6.34. The van der Waals surface area contributed by atoms with E-state index in [1.54, 1.807) is 0 Å². The normalized spacial score (nSPS) is 14.1. The van der Waals surface area contributed by atoms with Gasteiger partial charge in [-0.05, 0) is 88.0 Å². The van der Waals surface area contributed by atoms with Crippen LogP contribution in [0.4, 0.5) is 34.1 Å². The summed E-state index contributed by atoms with van der Waals surface area (Å²) < 4.78 is 2.44. The number of fused-ring (bicyclic) bond motifs is 12. The summed E-state index contributed by atoms with van der Waals surface area (Å²) in [5, 5.41) is 1.20. The zero-order valence-corrected chi connectivity index (χ0v) is 33.3. The Balaban J connectivity index is 0.00000196. The van der Waals surface area contributed by atoms with Crippen molar-refractivity contribution in [3.05, 3.63) is 205 Å². The maximum atomic E-state index is 5.06. The summed E-state index contributed by atoms with van der Waals surface area (Å²) in [5.74, 6) is 0.301. The smallest absolute Gasteiger partial charge is 0.0666 e. The molecule has 1 aliphatic carbocycles. The summed E-state index contributed by atoms with van der Waals surface area (Å²) in [5.41, 5.74) is 21.3. The number of benzene rings is 7. The maximum absolute atomic E-state index is 5.06. The first kappa shape index (κ1) is 34.8. The molecule has 1 unspecified atom stereocenters. The van der Waals surface area contributed by atoms with Gasteiger partial charge in [0.05, 0.1) is 57.7 Å². The van der Waals surface area contributed by atoms with Crippen LogP contribution in [0.15, 0.2) is 182 Å². The number of hydrogen-bond acceptors (Lipinski definition) is 3. The van der Waals surface area contributed by atoms with Crippen molar-refractivity contribution in [3.63, 3.8) is 0 Å². The number of rotatable bonds is 3. The van der Waals surface area contributed by atoms with Gasteiger partial charge in [0, 0.05) is 33.7 Å². The molecule has 7 aromatic carbocycles. The third-order valence-corrected chi connectivity index (χ3v) is 12.2. The van der Waals surface area contributed by atoms with Gasteiger partial charge in [0.15, 0.2) is 0 Å². The van der Waals surface area contributed by atoms with Crippen molar-refractivity contribution in [1.82, 2.24) is 9.55 Å². The van der Waals surface area contributed by atoms with Crippen LogP contribution in [-0.2, 0) is 0 Å². The van der Waals surface area contributed by atoms with E-state index < -0.39 is 0 Å². The molecule has 3 aliphatic rings. The summed E-state index contributed by atoms with van der Waals surface area (Å²) >= 11 is 0. The highest BCUT2D eigenvalue weighted by Crippen LogP contribution is 2.55. The molecular formula is C55H42N4. The zero-order chi connectivity index (χ0) is 39.6. The lowest BCUT2D eigenvalue weighted by Crippen LogP contribution is -2.13. The van der Waals surface area contributed by atoms with Crippen molar-refractivity contribution in [2.45, 2.75) is 26.7 Å². The molecule has 0 fully saturated rings. The number of aromatic nitrogens is 2. The fourth-order valence-corrected chi connectivity index (χ4v) is 9.68. The summed E-state index contributed by atoms with van der Waals surface area (Å²) in [4.78, 5) is 9.89. The fraction of sp³-hybridized carbons (Fsp3) is 0.0727. The average molecular weight is 759 g/mol. The molecule has 4 heterocycles. The standard InChI is InChI=1S/C53H36N4.C2H6/c1-34-40-18-6-7-19-41(40)46-29-36-28-27-35-15-5-11-23-47(35)56(51(36)31-45(34)46)38-30-39(33-54-32-38)57-49-25-13-9-21-43(49)52-42-20-8-12-24-48(42)55(37-16-3-2-4-17-37)50-26-14-10-22-44(50)53(52)57;1-2/h2-34H,1H3;1-2H3. The van der Waals surface area contributed by atoms with E-state index in [1.165, 1.54) is 49.9 Å². The second kappa shape index (κ2) is 13.9. The Labute approximate surface area is 345 Å². The molecule has 0 saturated carbocycles. The molecule has 0 bridgehead atoms. The number of para-hydroxylation sites is 5. The molecule has 282 valence electrons. The third-order valence-electron chi connectivity index (χ3n) is 12.2. The molecular weight excluding hydrogens is 717 g/mol. The first-order valence-electron chi connectivity index (χ1n) is 20.7. The van der Waals surface area contributed by atoms with Crippen LogP contribution in [0.2, 0.25) is 0 Å². The first-order valence-corrected chi connectivity index (χ1v) is 20.7. The van der Waals surface area contributed by atoms with E-state index in [0.29, 0.717) is 5.92 Å². The molecule has 0 N–H and O–H groups in total. The van der Waals surface area contributed by atoms with Crippen molar-refractivity contribution < 1.29 is 0 Å². The van der Waals surface area contributed by atoms with Crippen LogP contribution in [0, 0.1) is 0 Å². The highest BCUT2D eigenvalue weighted by molar-refractivity contribution is 6.13. The van der Waals surface area contributed by atoms with Crippen molar-refractivity contribution in [2.75, 3.05) is 9.80 Å². The number of anilines is 6. The molecule has 59 heavy (non-hydrogen) atoms. The van der Waals surface area contributed by atoms with E-state index in [1.807, 2.05) is 26.2 Å². The van der Waals surface area contributed by atoms with E-state index in [-0.39, 0.29) is 0 Å². The quantitative estimate of drug-likeness (QED) is 0.179. The van der Waals surface area contributed by atoms with Gasteiger partial charge in [0.2, 0.25) is 0 Å². The lowest BCUT2D eigenvalue weighted by atomic mass is 9.96. The third kappa shape index (κ3) is 5.26. The SMILES string of the molecule is CC.CC1c2ccccc2-c2cc3c(cc21)N(c1cncc(-n2c4c(c5ccccc52)-c2ccccc2N(c2ccccc2)c2ccccc2-4)c1)c1ccccc1C=C3. The predicted molar refractivity (Wildman–Crippen MR) is 248 cm³/mol. The largest absolute Gasteiger partial charge is 0.309 e. The molecule has 2 aliphatic heterocycles.